The lowest BCUT2D eigenvalue weighted by molar-refractivity contribution is -0.132. The van der Waals surface area contributed by atoms with Gasteiger partial charge in [-0.15, -0.1) is 0 Å². The molecule has 1 aromatic heterocycles. The third-order valence-electron chi connectivity index (χ3n) is 4.96. The number of nitrogens with zero attached hydrogens (tertiary/aromatic N) is 2. The second-order valence-electron chi connectivity index (χ2n) is 7.07. The van der Waals surface area contributed by atoms with E-state index in [9.17, 15) is 9.59 Å². The summed E-state index contributed by atoms with van der Waals surface area (Å²) < 4.78 is 4.99. The number of hydrogen-bond donors (Lipinski definition) is 1. The van der Waals surface area contributed by atoms with Gasteiger partial charge in [-0.3, -0.25) is 9.59 Å². The van der Waals surface area contributed by atoms with Gasteiger partial charge in [0.15, 0.2) is 5.82 Å². The van der Waals surface area contributed by atoms with Crippen LogP contribution in [0.1, 0.15) is 24.2 Å². The molecule has 2 amide bonds. The van der Waals surface area contributed by atoms with E-state index in [1.807, 2.05) is 60.7 Å². The van der Waals surface area contributed by atoms with Crippen molar-refractivity contribution in [2.45, 2.75) is 26.3 Å². The van der Waals surface area contributed by atoms with Crippen LogP contribution < -0.4 is 10.2 Å². The van der Waals surface area contributed by atoms with Gasteiger partial charge in [-0.1, -0.05) is 53.7 Å². The van der Waals surface area contributed by atoms with Crippen molar-refractivity contribution in [2.24, 2.45) is 5.41 Å². The van der Waals surface area contributed by atoms with E-state index < -0.39 is 5.41 Å². The van der Waals surface area contributed by atoms with Crippen LogP contribution in [0.25, 0.3) is 0 Å². The van der Waals surface area contributed by atoms with Crippen molar-refractivity contribution in [3.63, 3.8) is 0 Å². The van der Waals surface area contributed by atoms with Crippen LogP contribution in [-0.4, -0.2) is 17.0 Å². The first-order chi connectivity index (χ1) is 13.6. The van der Waals surface area contributed by atoms with Crippen LogP contribution in [0.4, 0.5) is 11.5 Å². The maximum atomic E-state index is 13.5. The average Bonchev–Trinajstić information content (AvgIpc) is 3.44. The molecule has 4 rings (SSSR count). The summed E-state index contributed by atoms with van der Waals surface area (Å²) in [7, 11) is 0. The summed E-state index contributed by atoms with van der Waals surface area (Å²) in [5, 5.41) is 6.52. The molecular weight excluding hydrogens is 354 g/mol. The van der Waals surface area contributed by atoms with Crippen LogP contribution in [0.15, 0.2) is 71.3 Å². The number of carbonyl (C=O) groups is 2. The van der Waals surface area contributed by atoms with E-state index in [2.05, 4.69) is 10.5 Å². The Hall–Kier alpha value is -3.41. The van der Waals surface area contributed by atoms with Crippen molar-refractivity contribution < 1.29 is 14.1 Å². The van der Waals surface area contributed by atoms with E-state index in [-0.39, 0.29) is 11.8 Å². The van der Waals surface area contributed by atoms with Crippen molar-refractivity contribution in [2.75, 3.05) is 10.2 Å². The van der Waals surface area contributed by atoms with E-state index in [0.717, 1.165) is 11.3 Å². The van der Waals surface area contributed by atoms with Crippen molar-refractivity contribution in [1.82, 2.24) is 5.16 Å². The van der Waals surface area contributed by atoms with Gasteiger partial charge in [-0.2, -0.15) is 0 Å². The minimum atomic E-state index is -1.06. The summed E-state index contributed by atoms with van der Waals surface area (Å²) in [6.45, 7) is 2.15. The minimum absolute atomic E-state index is 0.194. The summed E-state index contributed by atoms with van der Waals surface area (Å²) in [6.07, 6.45) is 1.04. The zero-order chi connectivity index (χ0) is 19.6. The lowest BCUT2D eigenvalue weighted by Gasteiger charge is -2.27. The van der Waals surface area contributed by atoms with Crippen molar-refractivity contribution in [3.8, 4) is 0 Å². The molecule has 3 aromatic rings. The number of aromatic nitrogens is 1. The fourth-order valence-electron chi connectivity index (χ4n) is 3.24. The van der Waals surface area contributed by atoms with Gasteiger partial charge in [0.25, 0.3) is 0 Å². The molecule has 1 aliphatic rings. The van der Waals surface area contributed by atoms with Gasteiger partial charge >= 0.3 is 0 Å². The molecule has 1 aliphatic carbocycles. The normalized spacial score (nSPS) is 14.3. The number of rotatable bonds is 6. The molecule has 0 spiro atoms. The summed E-state index contributed by atoms with van der Waals surface area (Å²) in [6, 6.07) is 20.8. The second kappa shape index (κ2) is 7.31. The van der Waals surface area contributed by atoms with Gasteiger partial charge in [0, 0.05) is 11.8 Å². The monoisotopic (exact) mass is 375 g/mol. The number of nitrogens with one attached hydrogen (secondary N) is 1. The largest absolute Gasteiger partial charge is 0.360 e. The first kappa shape index (κ1) is 18.0. The molecule has 0 atom stereocenters. The predicted octanol–water partition coefficient (Wildman–Crippen LogP) is 3.94. The van der Waals surface area contributed by atoms with E-state index in [0.29, 0.717) is 31.0 Å². The topological polar surface area (TPSA) is 75.4 Å². The third-order valence-corrected chi connectivity index (χ3v) is 4.96. The summed E-state index contributed by atoms with van der Waals surface area (Å²) in [5.74, 6) is 0.400. The highest BCUT2D eigenvalue weighted by atomic mass is 16.5. The molecule has 142 valence electrons. The number of benzene rings is 2. The summed E-state index contributed by atoms with van der Waals surface area (Å²) in [4.78, 5) is 28.1. The zero-order valence-corrected chi connectivity index (χ0v) is 15.6. The molecule has 6 heteroatoms. The van der Waals surface area contributed by atoms with Gasteiger partial charge in [0.2, 0.25) is 11.8 Å². The highest BCUT2D eigenvalue weighted by Crippen LogP contribution is 2.49. The average molecular weight is 375 g/mol. The van der Waals surface area contributed by atoms with Crippen LogP contribution in [0.5, 0.6) is 0 Å². The lowest BCUT2D eigenvalue weighted by Crippen LogP contribution is -2.43. The number of amides is 2. The molecular formula is C22H21N3O3. The lowest BCUT2D eigenvalue weighted by atomic mass is 10.0. The highest BCUT2D eigenvalue weighted by molar-refractivity contribution is 6.17. The van der Waals surface area contributed by atoms with Gasteiger partial charge in [-0.05, 0) is 37.5 Å². The molecule has 0 bridgehead atoms. The van der Waals surface area contributed by atoms with Gasteiger partial charge in [-0.25, -0.2) is 0 Å². The molecule has 1 fully saturated rings. The number of anilines is 2. The molecule has 1 heterocycles. The van der Waals surface area contributed by atoms with E-state index in [1.54, 1.807) is 17.9 Å². The van der Waals surface area contributed by atoms with Crippen molar-refractivity contribution >= 4 is 23.3 Å². The molecule has 6 nitrogen and oxygen atoms in total. The standard InChI is InChI=1S/C22H21N3O3/c1-16-14-19(24-28-16)23-20(26)22(12-13-22)21(27)25(18-10-6-3-7-11-18)15-17-8-4-2-5-9-17/h2-11,14H,12-13,15H2,1H3,(H,23,24,26). The number of hydrogen-bond acceptors (Lipinski definition) is 4. The third kappa shape index (κ3) is 3.53. The first-order valence-corrected chi connectivity index (χ1v) is 9.24. The zero-order valence-electron chi connectivity index (χ0n) is 15.6. The first-order valence-electron chi connectivity index (χ1n) is 9.24. The maximum absolute atomic E-state index is 13.5. The molecule has 1 N–H and O–H groups in total. The fourth-order valence-corrected chi connectivity index (χ4v) is 3.24. The SMILES string of the molecule is Cc1cc(NC(=O)C2(C(=O)N(Cc3ccccc3)c3ccccc3)CC2)no1. The Labute approximate surface area is 163 Å². The van der Waals surface area contributed by atoms with E-state index >= 15 is 0 Å². The van der Waals surface area contributed by atoms with Gasteiger partial charge in [0.05, 0.1) is 6.54 Å². The Morgan fingerprint density at radius 3 is 2.29 bits per heavy atom. The Bertz CT molecular complexity index is 979. The second-order valence-corrected chi connectivity index (χ2v) is 7.07. The van der Waals surface area contributed by atoms with E-state index in [1.165, 1.54) is 0 Å². The quantitative estimate of drug-likeness (QED) is 0.662. The fraction of sp³-hybridized carbons (Fsp3) is 0.227. The maximum Gasteiger partial charge on any atom is 0.243 e. The smallest absolute Gasteiger partial charge is 0.243 e. The van der Waals surface area contributed by atoms with Crippen LogP contribution in [0, 0.1) is 12.3 Å². The van der Waals surface area contributed by atoms with Crippen LogP contribution in [0.2, 0.25) is 0 Å². The Morgan fingerprint density at radius 1 is 1.07 bits per heavy atom. The summed E-state index contributed by atoms with van der Waals surface area (Å²) in [5.41, 5.74) is 0.716. The van der Waals surface area contributed by atoms with Crippen LogP contribution in [-0.2, 0) is 16.1 Å². The number of carbonyl (C=O) groups excluding carboxylic acids is 2. The van der Waals surface area contributed by atoms with Gasteiger partial charge in [0.1, 0.15) is 11.2 Å². The molecule has 0 aliphatic heterocycles. The molecule has 1 saturated carbocycles. The summed E-state index contributed by atoms with van der Waals surface area (Å²) >= 11 is 0. The number of para-hydroxylation sites is 1. The molecule has 2 aromatic carbocycles. The Kier molecular flexibility index (Phi) is 4.69. The van der Waals surface area contributed by atoms with Crippen LogP contribution in [0.3, 0.4) is 0 Å². The molecule has 28 heavy (non-hydrogen) atoms. The van der Waals surface area contributed by atoms with Crippen LogP contribution >= 0.6 is 0 Å². The highest BCUT2D eigenvalue weighted by Gasteiger charge is 2.58. The molecule has 0 unspecified atom stereocenters. The van der Waals surface area contributed by atoms with Crippen molar-refractivity contribution in [1.29, 1.82) is 0 Å². The van der Waals surface area contributed by atoms with Gasteiger partial charge < -0.3 is 14.7 Å². The molecule has 0 radical (unpaired) electrons. The predicted molar refractivity (Wildman–Crippen MR) is 106 cm³/mol. The molecule has 0 saturated heterocycles. The Balaban J connectivity index is 1.60. The minimum Gasteiger partial charge on any atom is -0.360 e. The van der Waals surface area contributed by atoms with Crippen molar-refractivity contribution in [3.05, 3.63) is 78.1 Å². The number of aryl methyl sites for hydroxylation is 1. The Morgan fingerprint density at radius 2 is 1.71 bits per heavy atom. The van der Waals surface area contributed by atoms with E-state index in [4.69, 9.17) is 4.52 Å².